The van der Waals surface area contributed by atoms with Crippen molar-refractivity contribution in [3.63, 3.8) is 0 Å². The first-order valence-electron chi connectivity index (χ1n) is 7.63. The van der Waals surface area contributed by atoms with Crippen LogP contribution in [0.25, 0.3) is 0 Å². The van der Waals surface area contributed by atoms with E-state index in [4.69, 9.17) is 4.52 Å². The molecule has 2 atom stereocenters. The van der Waals surface area contributed by atoms with E-state index in [0.717, 1.165) is 30.4 Å². The third-order valence-corrected chi connectivity index (χ3v) is 4.37. The van der Waals surface area contributed by atoms with Crippen LogP contribution in [0.1, 0.15) is 47.5 Å². The van der Waals surface area contributed by atoms with Crippen LogP contribution >= 0.6 is 0 Å². The molecule has 0 radical (unpaired) electrons. The number of dihydropyridines is 1. The maximum absolute atomic E-state index is 11.8. The molecule has 0 fully saturated rings. The van der Waals surface area contributed by atoms with E-state index in [1.54, 1.807) is 18.2 Å². The topological polar surface area (TPSA) is 88.6 Å². The molecule has 1 aromatic carbocycles. The van der Waals surface area contributed by atoms with E-state index in [1.807, 2.05) is 12.1 Å². The number of amides is 1. The van der Waals surface area contributed by atoms with Gasteiger partial charge in [0.2, 0.25) is 5.89 Å². The van der Waals surface area contributed by atoms with Crippen molar-refractivity contribution in [2.75, 3.05) is 0 Å². The summed E-state index contributed by atoms with van der Waals surface area (Å²) in [5.41, 5.74) is 1.97. The fourth-order valence-corrected chi connectivity index (χ4v) is 3.24. The van der Waals surface area contributed by atoms with Crippen molar-refractivity contribution in [1.29, 1.82) is 0 Å². The van der Waals surface area contributed by atoms with Crippen molar-refractivity contribution in [3.05, 3.63) is 53.2 Å². The highest BCUT2D eigenvalue weighted by atomic mass is 16.5. The first kappa shape index (κ1) is 13.9. The van der Waals surface area contributed by atoms with Crippen LogP contribution in [-0.2, 0) is 11.2 Å². The molecule has 0 spiro atoms. The summed E-state index contributed by atoms with van der Waals surface area (Å²) in [5.74, 6) is 0.226. The normalized spacial score (nSPS) is 23.0. The summed E-state index contributed by atoms with van der Waals surface area (Å²) in [4.78, 5) is 20.0. The second-order valence-corrected chi connectivity index (χ2v) is 5.76. The number of carbonyl (C=O) groups excluding carboxylic acids is 1. The molecule has 116 valence electrons. The van der Waals surface area contributed by atoms with E-state index < -0.39 is 5.92 Å². The van der Waals surface area contributed by atoms with Crippen LogP contribution in [0.4, 0.5) is 0 Å². The largest absolute Gasteiger partial charge is 0.508 e. The van der Waals surface area contributed by atoms with Crippen LogP contribution in [-0.4, -0.2) is 27.4 Å². The molecule has 2 aromatic rings. The average Bonchev–Trinajstić information content (AvgIpc) is 3.05. The zero-order chi connectivity index (χ0) is 15.8. The number of rotatable bonds is 2. The van der Waals surface area contributed by atoms with Crippen LogP contribution in [0, 0.1) is 0 Å². The minimum absolute atomic E-state index is 0.0433. The molecule has 6 nitrogen and oxygen atoms in total. The maximum atomic E-state index is 11.8. The number of aromatic nitrogens is 2. The summed E-state index contributed by atoms with van der Waals surface area (Å²) in [5, 5.41) is 14.0. The van der Waals surface area contributed by atoms with Gasteiger partial charge >= 0.3 is 0 Å². The second kappa shape index (κ2) is 5.46. The number of hydrogen-bond donors (Lipinski definition) is 1. The molecule has 1 aromatic heterocycles. The van der Waals surface area contributed by atoms with E-state index in [1.165, 1.54) is 6.21 Å². The van der Waals surface area contributed by atoms with Crippen LogP contribution in [0.15, 0.2) is 39.9 Å². The summed E-state index contributed by atoms with van der Waals surface area (Å²) in [6, 6.07) is 5.51. The molecule has 4 rings (SSSR count). The zero-order valence-electron chi connectivity index (χ0n) is 12.3. The van der Waals surface area contributed by atoms with Crippen LogP contribution in [0.3, 0.4) is 0 Å². The number of hydrogen-bond acceptors (Lipinski definition) is 5. The highest BCUT2D eigenvalue weighted by Gasteiger charge is 2.30. The van der Waals surface area contributed by atoms with Gasteiger partial charge in [-0.15, -0.1) is 0 Å². The predicted octanol–water partition coefficient (Wildman–Crippen LogP) is 2.49. The number of carbonyl (C=O) groups is 1. The fourth-order valence-electron chi connectivity index (χ4n) is 3.24. The molecular weight excluding hydrogens is 294 g/mol. The van der Waals surface area contributed by atoms with Crippen LogP contribution in [0.5, 0.6) is 5.75 Å². The highest BCUT2D eigenvalue weighted by molar-refractivity contribution is 5.96. The Bertz CT molecular complexity index is 822. The van der Waals surface area contributed by atoms with Gasteiger partial charge in [-0.05, 0) is 42.5 Å². The SMILES string of the molecule is O=C1N=CC=CC1c1noc(C2CCCc3c(O)cccc32)n1. The Kier molecular flexibility index (Phi) is 3.29. The molecule has 2 unspecified atom stereocenters. The number of benzene rings is 1. The molecule has 6 heteroatoms. The van der Waals surface area contributed by atoms with E-state index in [2.05, 4.69) is 15.1 Å². The van der Waals surface area contributed by atoms with E-state index >= 15 is 0 Å². The Hall–Kier alpha value is -2.76. The highest BCUT2D eigenvalue weighted by Crippen LogP contribution is 2.39. The number of phenols is 1. The van der Waals surface area contributed by atoms with Crippen molar-refractivity contribution in [3.8, 4) is 5.75 Å². The molecule has 0 saturated carbocycles. The molecule has 2 heterocycles. The Morgan fingerprint density at radius 1 is 1.30 bits per heavy atom. The standard InChI is InChI=1S/C17H15N3O3/c21-14-8-2-4-10-11(14)5-1-6-12(10)17-19-15(20-23-17)13-7-3-9-18-16(13)22/h2-4,7-9,12-13,21H,1,5-6H2. The number of phenolic OH excluding ortho intramolecular Hbond substituents is 1. The monoisotopic (exact) mass is 309 g/mol. The van der Waals surface area contributed by atoms with E-state index in [-0.39, 0.29) is 11.8 Å². The predicted molar refractivity (Wildman–Crippen MR) is 82.6 cm³/mol. The van der Waals surface area contributed by atoms with Gasteiger partial charge in [-0.25, -0.2) is 4.99 Å². The quantitative estimate of drug-likeness (QED) is 0.920. The van der Waals surface area contributed by atoms with Crippen molar-refractivity contribution >= 4 is 12.1 Å². The summed E-state index contributed by atoms with van der Waals surface area (Å²) in [6.45, 7) is 0. The van der Waals surface area contributed by atoms with Crippen molar-refractivity contribution < 1.29 is 14.4 Å². The molecule has 2 aliphatic rings. The minimum Gasteiger partial charge on any atom is -0.508 e. The van der Waals surface area contributed by atoms with Gasteiger partial charge in [0.05, 0.1) is 5.92 Å². The van der Waals surface area contributed by atoms with Crippen molar-refractivity contribution in [1.82, 2.24) is 10.1 Å². The lowest BCUT2D eigenvalue weighted by molar-refractivity contribution is -0.118. The fraction of sp³-hybridized carbons (Fsp3) is 0.294. The lowest BCUT2D eigenvalue weighted by atomic mass is 9.82. The van der Waals surface area contributed by atoms with Gasteiger partial charge in [-0.1, -0.05) is 23.4 Å². The number of nitrogens with zero attached hydrogens (tertiary/aromatic N) is 3. The summed E-state index contributed by atoms with van der Waals surface area (Å²) in [7, 11) is 0. The molecule has 1 amide bonds. The van der Waals surface area contributed by atoms with Crippen LogP contribution in [0.2, 0.25) is 0 Å². The summed E-state index contributed by atoms with van der Waals surface area (Å²) < 4.78 is 5.42. The van der Waals surface area contributed by atoms with Gasteiger partial charge in [-0.3, -0.25) is 4.79 Å². The van der Waals surface area contributed by atoms with Gasteiger partial charge in [0.25, 0.3) is 5.91 Å². The lowest BCUT2D eigenvalue weighted by Crippen LogP contribution is -2.14. The number of aromatic hydroxyl groups is 1. The molecule has 1 aliphatic carbocycles. The first-order valence-corrected chi connectivity index (χ1v) is 7.63. The Balaban J connectivity index is 1.69. The second-order valence-electron chi connectivity index (χ2n) is 5.76. The molecular formula is C17H15N3O3. The number of allylic oxidation sites excluding steroid dienone is 1. The minimum atomic E-state index is -0.579. The Morgan fingerprint density at radius 3 is 3.09 bits per heavy atom. The third kappa shape index (κ3) is 2.36. The van der Waals surface area contributed by atoms with Crippen molar-refractivity contribution in [2.45, 2.75) is 31.1 Å². The molecule has 0 saturated heterocycles. The third-order valence-electron chi connectivity index (χ3n) is 4.37. The average molecular weight is 309 g/mol. The van der Waals surface area contributed by atoms with Gasteiger partial charge in [0, 0.05) is 6.21 Å². The van der Waals surface area contributed by atoms with Crippen LogP contribution < -0.4 is 0 Å². The first-order chi connectivity index (χ1) is 11.2. The summed E-state index contributed by atoms with van der Waals surface area (Å²) >= 11 is 0. The van der Waals surface area contributed by atoms with Gasteiger partial charge in [0.1, 0.15) is 11.7 Å². The van der Waals surface area contributed by atoms with Gasteiger partial charge in [0.15, 0.2) is 5.82 Å². The maximum Gasteiger partial charge on any atom is 0.260 e. The smallest absolute Gasteiger partial charge is 0.260 e. The van der Waals surface area contributed by atoms with Crippen molar-refractivity contribution in [2.24, 2.45) is 4.99 Å². The molecule has 1 N–H and O–H groups in total. The number of aliphatic imine (C=N–C) groups is 1. The lowest BCUT2D eigenvalue weighted by Gasteiger charge is -2.23. The van der Waals surface area contributed by atoms with E-state index in [0.29, 0.717) is 17.5 Å². The Morgan fingerprint density at radius 2 is 2.22 bits per heavy atom. The Labute approximate surface area is 132 Å². The molecule has 23 heavy (non-hydrogen) atoms. The van der Waals surface area contributed by atoms with Gasteiger partial charge in [-0.2, -0.15) is 4.98 Å². The zero-order valence-corrected chi connectivity index (χ0v) is 12.3. The molecule has 1 aliphatic heterocycles. The summed E-state index contributed by atoms with van der Waals surface area (Å²) in [6.07, 6.45) is 7.54. The van der Waals surface area contributed by atoms with E-state index in [9.17, 15) is 9.90 Å². The van der Waals surface area contributed by atoms with Gasteiger partial charge < -0.3 is 9.63 Å². The number of fused-ring (bicyclic) bond motifs is 1. The molecule has 0 bridgehead atoms.